The van der Waals surface area contributed by atoms with Crippen LogP contribution in [0.4, 0.5) is 11.4 Å². The molecule has 210 valence electrons. The van der Waals surface area contributed by atoms with Gasteiger partial charge in [-0.1, -0.05) is 36.4 Å². The molecule has 3 aromatic carbocycles. The molecule has 1 aromatic heterocycles. The summed E-state index contributed by atoms with van der Waals surface area (Å²) in [6, 6.07) is 21.8. The Labute approximate surface area is 236 Å². The highest BCUT2D eigenvalue weighted by Gasteiger charge is 2.22. The zero-order valence-corrected chi connectivity index (χ0v) is 22.8. The second kappa shape index (κ2) is 12.0. The van der Waals surface area contributed by atoms with Crippen LogP contribution < -0.4 is 4.90 Å². The van der Waals surface area contributed by atoms with E-state index >= 15 is 0 Å². The molecule has 0 radical (unpaired) electrons. The molecule has 1 amide bonds. The first-order valence-corrected chi connectivity index (χ1v) is 13.1. The standard InChI is InChI=1S/C30H30N6O5/c1-34(26(37)19-35-14-16-36(33-40)17-15-35)23-11-9-22(10-12-23)31-28(20-6-4-3-5-7-20)27-24-13-8-21(30(39)41-2)18-25(24)32-29(27)38/h3-13,18,32,38H,14-17,19H2,1-2H3. The number of aromatic amines is 1. The number of nitrogens with zero attached hydrogens (tertiary/aromatic N) is 5. The van der Waals surface area contributed by atoms with Crippen LogP contribution in [0.5, 0.6) is 5.88 Å². The number of piperazine rings is 1. The van der Waals surface area contributed by atoms with Crippen LogP contribution in [0.1, 0.15) is 21.5 Å². The lowest BCUT2D eigenvalue weighted by Crippen LogP contribution is -2.48. The number of esters is 1. The van der Waals surface area contributed by atoms with Gasteiger partial charge >= 0.3 is 5.97 Å². The van der Waals surface area contributed by atoms with Crippen LogP contribution in [0, 0.1) is 4.91 Å². The molecule has 0 saturated carbocycles. The highest BCUT2D eigenvalue weighted by atomic mass is 16.5. The van der Waals surface area contributed by atoms with Crippen molar-refractivity contribution in [1.82, 2.24) is 14.9 Å². The fraction of sp³-hybridized carbons (Fsp3) is 0.233. The van der Waals surface area contributed by atoms with Crippen molar-refractivity contribution in [1.29, 1.82) is 0 Å². The number of aromatic nitrogens is 1. The lowest BCUT2D eigenvalue weighted by molar-refractivity contribution is -0.119. The number of methoxy groups -OCH3 is 1. The van der Waals surface area contributed by atoms with Gasteiger partial charge in [-0.2, -0.15) is 0 Å². The summed E-state index contributed by atoms with van der Waals surface area (Å²) in [6.07, 6.45) is 0. The van der Waals surface area contributed by atoms with E-state index in [0.29, 0.717) is 65.3 Å². The van der Waals surface area contributed by atoms with Crippen molar-refractivity contribution in [2.75, 3.05) is 51.8 Å². The van der Waals surface area contributed by atoms with E-state index in [0.717, 1.165) is 5.56 Å². The fourth-order valence-corrected chi connectivity index (χ4v) is 4.83. The van der Waals surface area contributed by atoms with Crippen LogP contribution in [0.3, 0.4) is 0 Å². The molecule has 1 aliphatic rings. The Balaban J connectivity index is 1.42. The maximum Gasteiger partial charge on any atom is 0.337 e. The molecule has 1 saturated heterocycles. The van der Waals surface area contributed by atoms with E-state index in [1.807, 2.05) is 59.5 Å². The lowest BCUT2D eigenvalue weighted by atomic mass is 10.00. The number of nitroso groups, excluding NO2 is 1. The summed E-state index contributed by atoms with van der Waals surface area (Å²) < 4.78 is 4.82. The molecule has 11 heteroatoms. The van der Waals surface area contributed by atoms with Gasteiger partial charge in [0.05, 0.1) is 54.6 Å². The number of fused-ring (bicyclic) bond motifs is 1. The molecule has 1 fully saturated rings. The second-order valence-electron chi connectivity index (χ2n) is 9.71. The van der Waals surface area contributed by atoms with Crippen LogP contribution in [-0.4, -0.2) is 84.5 Å². The topological polar surface area (TPSA) is 131 Å². The highest BCUT2D eigenvalue weighted by molar-refractivity contribution is 6.22. The Kier molecular flexibility index (Phi) is 8.06. The molecule has 4 aromatic rings. The molecular formula is C30H30N6O5. The molecule has 2 heterocycles. The molecule has 5 rings (SSSR count). The van der Waals surface area contributed by atoms with Crippen molar-refractivity contribution in [2.45, 2.75) is 0 Å². The maximum absolute atomic E-state index is 12.9. The molecule has 11 nitrogen and oxygen atoms in total. The third-order valence-corrected chi connectivity index (χ3v) is 7.16. The van der Waals surface area contributed by atoms with Gasteiger partial charge in [-0.05, 0) is 36.4 Å². The fourth-order valence-electron chi connectivity index (χ4n) is 4.83. The number of hydrogen-bond donors (Lipinski definition) is 2. The number of nitrogens with one attached hydrogen (secondary N) is 1. The van der Waals surface area contributed by atoms with Crippen LogP contribution in [0.15, 0.2) is 83.1 Å². The molecule has 1 aliphatic heterocycles. The Morgan fingerprint density at radius 3 is 2.34 bits per heavy atom. The largest absolute Gasteiger partial charge is 0.494 e. The zero-order chi connectivity index (χ0) is 28.9. The summed E-state index contributed by atoms with van der Waals surface area (Å²) in [5.74, 6) is -0.606. The van der Waals surface area contributed by atoms with E-state index in [9.17, 15) is 19.6 Å². The lowest BCUT2D eigenvalue weighted by Gasteiger charge is -2.31. The van der Waals surface area contributed by atoms with E-state index in [1.54, 1.807) is 30.1 Å². The minimum absolute atomic E-state index is 0.0613. The average molecular weight is 555 g/mol. The van der Waals surface area contributed by atoms with Crippen molar-refractivity contribution in [3.63, 3.8) is 0 Å². The van der Waals surface area contributed by atoms with Crippen molar-refractivity contribution in [3.05, 3.63) is 94.4 Å². The first-order chi connectivity index (χ1) is 19.9. The van der Waals surface area contributed by atoms with E-state index in [-0.39, 0.29) is 18.3 Å². The number of benzene rings is 3. The predicted octanol–water partition coefficient (Wildman–Crippen LogP) is 4.09. The van der Waals surface area contributed by atoms with Crippen molar-refractivity contribution >= 4 is 39.9 Å². The van der Waals surface area contributed by atoms with Crippen molar-refractivity contribution < 1.29 is 19.4 Å². The van der Waals surface area contributed by atoms with E-state index in [1.165, 1.54) is 12.1 Å². The molecule has 0 spiro atoms. The first kappa shape index (κ1) is 27.5. The molecular weight excluding hydrogens is 524 g/mol. The minimum atomic E-state index is -0.471. The van der Waals surface area contributed by atoms with Crippen molar-refractivity contribution in [2.24, 2.45) is 10.3 Å². The van der Waals surface area contributed by atoms with Gasteiger partial charge in [0.2, 0.25) is 5.91 Å². The van der Waals surface area contributed by atoms with Gasteiger partial charge in [0.1, 0.15) is 0 Å². The summed E-state index contributed by atoms with van der Waals surface area (Å²) in [5.41, 5.74) is 4.12. The Morgan fingerprint density at radius 2 is 1.68 bits per heavy atom. The summed E-state index contributed by atoms with van der Waals surface area (Å²) in [6.45, 7) is 2.47. The quantitative estimate of drug-likeness (QED) is 0.191. The van der Waals surface area contributed by atoms with E-state index in [4.69, 9.17) is 9.73 Å². The number of rotatable bonds is 8. The smallest absolute Gasteiger partial charge is 0.337 e. The van der Waals surface area contributed by atoms with Gasteiger partial charge in [-0.3, -0.25) is 14.7 Å². The third kappa shape index (κ3) is 5.94. The highest BCUT2D eigenvalue weighted by Crippen LogP contribution is 2.32. The number of anilines is 1. The number of likely N-dealkylation sites (N-methyl/N-ethyl adjacent to an activating group) is 1. The summed E-state index contributed by atoms with van der Waals surface area (Å²) in [5, 5.41) is 16.1. The molecule has 0 aliphatic carbocycles. The maximum atomic E-state index is 12.9. The zero-order valence-electron chi connectivity index (χ0n) is 22.8. The van der Waals surface area contributed by atoms with Gasteiger partial charge in [0.25, 0.3) is 0 Å². The molecule has 41 heavy (non-hydrogen) atoms. The monoisotopic (exact) mass is 554 g/mol. The summed E-state index contributed by atoms with van der Waals surface area (Å²) >= 11 is 0. The summed E-state index contributed by atoms with van der Waals surface area (Å²) in [7, 11) is 3.05. The number of carbonyl (C=O) groups excluding carboxylic acids is 2. The molecule has 0 bridgehead atoms. The first-order valence-electron chi connectivity index (χ1n) is 13.1. The van der Waals surface area contributed by atoms with Crippen molar-refractivity contribution in [3.8, 4) is 5.88 Å². The SMILES string of the molecule is COC(=O)c1ccc2c(C(=Nc3ccc(N(C)C(=O)CN4CCN(N=O)CC4)cc3)c3ccccc3)c(O)[nH]c2c1. The van der Waals surface area contributed by atoms with Crippen LogP contribution >= 0.6 is 0 Å². The minimum Gasteiger partial charge on any atom is -0.494 e. The summed E-state index contributed by atoms with van der Waals surface area (Å²) in [4.78, 5) is 47.1. The predicted molar refractivity (Wildman–Crippen MR) is 157 cm³/mol. The van der Waals surface area contributed by atoms with Gasteiger partial charge < -0.3 is 19.7 Å². The van der Waals surface area contributed by atoms with Crippen LogP contribution in [0.25, 0.3) is 10.9 Å². The number of H-pyrrole nitrogens is 1. The molecule has 0 atom stereocenters. The normalized spacial score (nSPS) is 14.2. The van der Waals surface area contributed by atoms with E-state index in [2.05, 4.69) is 10.3 Å². The van der Waals surface area contributed by atoms with Gasteiger partial charge in [-0.15, -0.1) is 4.91 Å². The molecule has 2 N–H and O–H groups in total. The average Bonchev–Trinajstić information content (AvgIpc) is 3.34. The van der Waals surface area contributed by atoms with Gasteiger partial charge in [0.15, 0.2) is 5.88 Å². The number of aliphatic imine (C=N–C) groups is 1. The van der Waals surface area contributed by atoms with Crippen LogP contribution in [0.2, 0.25) is 0 Å². The van der Waals surface area contributed by atoms with Gasteiger partial charge in [-0.25, -0.2) is 9.79 Å². The van der Waals surface area contributed by atoms with Gasteiger partial charge in [0, 0.05) is 42.3 Å². The number of carbonyl (C=O) groups is 2. The van der Waals surface area contributed by atoms with Crippen LogP contribution in [-0.2, 0) is 9.53 Å². The number of amides is 1. The third-order valence-electron chi connectivity index (χ3n) is 7.16. The number of hydrogen-bond acceptors (Lipinski definition) is 8. The van der Waals surface area contributed by atoms with E-state index < -0.39 is 5.97 Å². The Bertz CT molecular complexity index is 1590. The molecule has 0 unspecified atom stereocenters. The number of ether oxygens (including phenoxy) is 1. The Hall–Kier alpha value is -5.03. The number of aromatic hydroxyl groups is 1. The Morgan fingerprint density at radius 1 is 0.976 bits per heavy atom. The second-order valence-corrected chi connectivity index (χ2v) is 9.71.